The van der Waals surface area contributed by atoms with Crippen LogP contribution in [0.2, 0.25) is 0 Å². The van der Waals surface area contributed by atoms with Crippen LogP contribution in [0.3, 0.4) is 0 Å². The molecule has 3 rings (SSSR count). The number of nitrogens with two attached hydrogens (primary N) is 1. The van der Waals surface area contributed by atoms with Crippen LogP contribution in [0.25, 0.3) is 0 Å². The largest absolute Gasteiger partial charge is 0.399 e. The van der Waals surface area contributed by atoms with Crippen LogP contribution >= 0.6 is 0 Å². The van der Waals surface area contributed by atoms with E-state index in [1.54, 1.807) is 0 Å². The van der Waals surface area contributed by atoms with E-state index in [2.05, 4.69) is 41.3 Å². The maximum atomic E-state index is 6.04. The molecule has 1 heterocycles. The van der Waals surface area contributed by atoms with Gasteiger partial charge in [0.25, 0.3) is 0 Å². The molecule has 2 N–H and O–H groups in total. The van der Waals surface area contributed by atoms with Crippen molar-refractivity contribution in [1.29, 1.82) is 0 Å². The van der Waals surface area contributed by atoms with Crippen molar-refractivity contribution < 1.29 is 4.74 Å². The van der Waals surface area contributed by atoms with Crippen molar-refractivity contribution in [2.45, 2.75) is 32.1 Å². The monoisotopic (exact) mass is 296 g/mol. The molecule has 0 aromatic heterocycles. The standard InChI is InChI=1S/C19H24N2O/c20-18-8-4-7-17(13-18)14-21-11-9-19(10-12-21)22-15-16-5-2-1-3-6-16/h1-8,13,19H,9-12,14-15,20H2. The first-order chi connectivity index (χ1) is 10.8. The quantitative estimate of drug-likeness (QED) is 0.859. The SMILES string of the molecule is Nc1cccc(CN2CCC(OCc3ccccc3)CC2)c1. The average molecular weight is 296 g/mol. The van der Waals surface area contributed by atoms with Crippen molar-refractivity contribution in [2.75, 3.05) is 18.8 Å². The minimum atomic E-state index is 0.386. The number of likely N-dealkylation sites (tertiary alicyclic amines) is 1. The Morgan fingerprint density at radius 3 is 2.41 bits per heavy atom. The Hall–Kier alpha value is -1.84. The Kier molecular flexibility index (Phi) is 5.09. The average Bonchev–Trinajstić information content (AvgIpc) is 2.55. The van der Waals surface area contributed by atoms with Gasteiger partial charge in [-0.15, -0.1) is 0 Å². The van der Waals surface area contributed by atoms with Crippen molar-refractivity contribution in [2.24, 2.45) is 0 Å². The molecule has 1 aliphatic rings. The zero-order valence-electron chi connectivity index (χ0n) is 12.9. The maximum absolute atomic E-state index is 6.04. The number of ether oxygens (including phenoxy) is 1. The second-order valence-corrected chi connectivity index (χ2v) is 6.02. The molecule has 0 radical (unpaired) electrons. The maximum Gasteiger partial charge on any atom is 0.0720 e. The molecule has 1 saturated heterocycles. The van der Waals surface area contributed by atoms with Gasteiger partial charge in [0.1, 0.15) is 0 Å². The highest BCUT2D eigenvalue weighted by Crippen LogP contribution is 2.18. The number of hydrogen-bond acceptors (Lipinski definition) is 3. The zero-order valence-corrected chi connectivity index (χ0v) is 12.9. The van der Waals surface area contributed by atoms with Crippen LogP contribution in [0.15, 0.2) is 54.6 Å². The highest BCUT2D eigenvalue weighted by Gasteiger charge is 2.19. The predicted molar refractivity (Wildman–Crippen MR) is 90.4 cm³/mol. The molecule has 2 aromatic carbocycles. The third kappa shape index (κ3) is 4.33. The van der Waals surface area contributed by atoms with Gasteiger partial charge in [-0.1, -0.05) is 42.5 Å². The van der Waals surface area contributed by atoms with Crippen LogP contribution in [0.5, 0.6) is 0 Å². The van der Waals surface area contributed by atoms with Gasteiger partial charge in [0, 0.05) is 25.3 Å². The van der Waals surface area contributed by atoms with Crippen molar-refractivity contribution in [3.8, 4) is 0 Å². The lowest BCUT2D eigenvalue weighted by Gasteiger charge is -2.32. The summed E-state index contributed by atoms with van der Waals surface area (Å²) in [4.78, 5) is 2.48. The van der Waals surface area contributed by atoms with E-state index >= 15 is 0 Å². The molecule has 0 atom stereocenters. The first-order valence-corrected chi connectivity index (χ1v) is 8.02. The van der Waals surface area contributed by atoms with E-state index in [4.69, 9.17) is 10.5 Å². The molecule has 0 bridgehead atoms. The van der Waals surface area contributed by atoms with Gasteiger partial charge in [-0.3, -0.25) is 4.90 Å². The van der Waals surface area contributed by atoms with Crippen LogP contribution < -0.4 is 5.73 Å². The lowest BCUT2D eigenvalue weighted by molar-refractivity contribution is -0.00393. The minimum Gasteiger partial charge on any atom is -0.399 e. The van der Waals surface area contributed by atoms with Crippen molar-refractivity contribution in [1.82, 2.24) is 4.90 Å². The van der Waals surface area contributed by atoms with E-state index in [0.717, 1.165) is 44.8 Å². The van der Waals surface area contributed by atoms with Gasteiger partial charge >= 0.3 is 0 Å². The number of hydrogen-bond donors (Lipinski definition) is 1. The number of nitrogens with zero attached hydrogens (tertiary/aromatic N) is 1. The van der Waals surface area contributed by atoms with E-state index in [1.165, 1.54) is 11.1 Å². The lowest BCUT2D eigenvalue weighted by atomic mass is 10.1. The summed E-state index contributed by atoms with van der Waals surface area (Å²) in [5.41, 5.74) is 9.24. The summed E-state index contributed by atoms with van der Waals surface area (Å²) in [6.45, 7) is 3.89. The first kappa shape index (κ1) is 15.1. The van der Waals surface area contributed by atoms with E-state index in [9.17, 15) is 0 Å². The number of piperidine rings is 1. The summed E-state index contributed by atoms with van der Waals surface area (Å²) in [6.07, 6.45) is 2.60. The Labute approximate surface area is 132 Å². The van der Waals surface area contributed by atoms with Gasteiger partial charge in [-0.05, 0) is 36.1 Å². The van der Waals surface area contributed by atoms with Crippen LogP contribution in [-0.2, 0) is 17.9 Å². The van der Waals surface area contributed by atoms with Crippen LogP contribution in [-0.4, -0.2) is 24.1 Å². The fraction of sp³-hybridized carbons (Fsp3) is 0.368. The van der Waals surface area contributed by atoms with Gasteiger partial charge < -0.3 is 10.5 Å². The van der Waals surface area contributed by atoms with Crippen molar-refractivity contribution in [3.05, 3.63) is 65.7 Å². The number of benzene rings is 2. The molecule has 0 unspecified atom stereocenters. The third-order valence-corrected chi connectivity index (χ3v) is 4.22. The summed E-state index contributed by atoms with van der Waals surface area (Å²) >= 11 is 0. The van der Waals surface area contributed by atoms with E-state index < -0.39 is 0 Å². The summed E-state index contributed by atoms with van der Waals surface area (Å²) in [7, 11) is 0. The molecule has 3 nitrogen and oxygen atoms in total. The van der Waals surface area contributed by atoms with Gasteiger partial charge in [-0.2, -0.15) is 0 Å². The van der Waals surface area contributed by atoms with E-state index in [-0.39, 0.29) is 0 Å². The topological polar surface area (TPSA) is 38.5 Å². The third-order valence-electron chi connectivity index (χ3n) is 4.22. The van der Waals surface area contributed by atoms with Gasteiger partial charge in [0.2, 0.25) is 0 Å². The Morgan fingerprint density at radius 1 is 0.955 bits per heavy atom. The van der Waals surface area contributed by atoms with Crippen LogP contribution in [0.1, 0.15) is 24.0 Å². The van der Waals surface area contributed by atoms with Gasteiger partial charge in [0.15, 0.2) is 0 Å². The van der Waals surface area contributed by atoms with E-state index in [1.807, 2.05) is 18.2 Å². The Bertz CT molecular complexity index is 577. The summed E-state index contributed by atoms with van der Waals surface area (Å²) in [5.74, 6) is 0. The highest BCUT2D eigenvalue weighted by atomic mass is 16.5. The van der Waals surface area contributed by atoms with Crippen molar-refractivity contribution >= 4 is 5.69 Å². The molecule has 1 fully saturated rings. The first-order valence-electron chi connectivity index (χ1n) is 8.02. The lowest BCUT2D eigenvalue weighted by Crippen LogP contribution is -2.36. The fourth-order valence-electron chi connectivity index (χ4n) is 2.97. The normalized spacial score (nSPS) is 16.7. The van der Waals surface area contributed by atoms with Crippen LogP contribution in [0.4, 0.5) is 5.69 Å². The van der Waals surface area contributed by atoms with Crippen molar-refractivity contribution in [3.63, 3.8) is 0 Å². The second-order valence-electron chi connectivity index (χ2n) is 6.02. The molecule has 0 saturated carbocycles. The summed E-state index contributed by atoms with van der Waals surface area (Å²) in [6, 6.07) is 18.6. The summed E-state index contributed by atoms with van der Waals surface area (Å²) < 4.78 is 6.04. The molecular weight excluding hydrogens is 272 g/mol. The van der Waals surface area contributed by atoms with E-state index in [0.29, 0.717) is 6.10 Å². The molecule has 2 aromatic rings. The number of rotatable bonds is 5. The Morgan fingerprint density at radius 2 is 1.68 bits per heavy atom. The molecule has 3 heteroatoms. The molecule has 1 aliphatic heterocycles. The number of nitrogen functional groups attached to an aromatic ring is 1. The molecular formula is C19H24N2O. The molecule has 116 valence electrons. The second kappa shape index (κ2) is 7.43. The molecule has 0 aliphatic carbocycles. The Balaban J connectivity index is 1.42. The molecule has 0 amide bonds. The summed E-state index contributed by atoms with van der Waals surface area (Å²) in [5, 5.41) is 0. The minimum absolute atomic E-state index is 0.386. The smallest absolute Gasteiger partial charge is 0.0720 e. The van der Waals surface area contributed by atoms with Crippen LogP contribution in [0, 0.1) is 0 Å². The predicted octanol–water partition coefficient (Wildman–Crippen LogP) is 3.45. The van der Waals surface area contributed by atoms with Gasteiger partial charge in [0.05, 0.1) is 12.7 Å². The fourth-order valence-corrected chi connectivity index (χ4v) is 2.97. The highest BCUT2D eigenvalue weighted by molar-refractivity contribution is 5.40. The number of anilines is 1. The zero-order chi connectivity index (χ0) is 15.2. The van der Waals surface area contributed by atoms with Gasteiger partial charge in [-0.25, -0.2) is 0 Å². The molecule has 0 spiro atoms. The molecule has 22 heavy (non-hydrogen) atoms.